The quantitative estimate of drug-likeness (QED) is 0.604. The third-order valence-corrected chi connectivity index (χ3v) is 6.74. The van der Waals surface area contributed by atoms with Gasteiger partial charge in [0.05, 0.1) is 7.11 Å². The van der Waals surface area contributed by atoms with Crippen LogP contribution in [0.25, 0.3) is 11.1 Å². The van der Waals surface area contributed by atoms with E-state index in [1.54, 1.807) is 7.11 Å². The van der Waals surface area contributed by atoms with Crippen molar-refractivity contribution in [1.29, 1.82) is 0 Å². The van der Waals surface area contributed by atoms with E-state index in [9.17, 15) is 9.59 Å². The summed E-state index contributed by atoms with van der Waals surface area (Å²) in [6, 6.07) is 9.34. The van der Waals surface area contributed by atoms with Crippen molar-refractivity contribution in [3.8, 4) is 16.9 Å². The van der Waals surface area contributed by atoms with Gasteiger partial charge in [0.25, 0.3) is 5.56 Å². The zero-order valence-electron chi connectivity index (χ0n) is 20.3. The number of likely N-dealkylation sites (N-methyl/N-ethyl adjacent to an activating group) is 1. The fourth-order valence-electron chi connectivity index (χ4n) is 4.72. The van der Waals surface area contributed by atoms with Crippen LogP contribution < -0.4 is 20.9 Å². The molecule has 1 aromatic carbocycles. The summed E-state index contributed by atoms with van der Waals surface area (Å²) in [4.78, 5) is 30.9. The summed E-state index contributed by atoms with van der Waals surface area (Å²) in [5.41, 5.74) is 3.46. The molecular weight excluding hydrogens is 450 g/mol. The van der Waals surface area contributed by atoms with Crippen molar-refractivity contribution in [3.05, 3.63) is 51.9 Å². The normalized spacial score (nSPS) is 19.9. The molecule has 4 rings (SSSR count). The van der Waals surface area contributed by atoms with Gasteiger partial charge in [0.1, 0.15) is 11.8 Å². The summed E-state index contributed by atoms with van der Waals surface area (Å²) >= 11 is 5.27. The van der Waals surface area contributed by atoms with Crippen molar-refractivity contribution in [3.63, 3.8) is 0 Å². The molecule has 1 fully saturated rings. The second-order valence-electron chi connectivity index (χ2n) is 9.34. The highest BCUT2D eigenvalue weighted by Gasteiger charge is 2.33. The van der Waals surface area contributed by atoms with Crippen LogP contribution in [0.2, 0.25) is 0 Å². The van der Waals surface area contributed by atoms with Crippen molar-refractivity contribution < 1.29 is 9.53 Å². The topological polar surface area (TPSA) is 78.8 Å². The van der Waals surface area contributed by atoms with Crippen LogP contribution in [0.15, 0.2) is 35.1 Å². The summed E-state index contributed by atoms with van der Waals surface area (Å²) in [5.74, 6) is 0.753. The van der Waals surface area contributed by atoms with Gasteiger partial charge in [0.15, 0.2) is 5.11 Å². The van der Waals surface area contributed by atoms with Gasteiger partial charge >= 0.3 is 0 Å². The third-order valence-electron chi connectivity index (χ3n) is 6.50. The van der Waals surface area contributed by atoms with Crippen LogP contribution in [0.4, 0.5) is 0 Å². The Balaban J connectivity index is 1.70. The largest absolute Gasteiger partial charge is 0.497 e. The summed E-state index contributed by atoms with van der Waals surface area (Å²) in [7, 11) is 5.62. The van der Waals surface area contributed by atoms with Gasteiger partial charge in [-0.25, -0.2) is 0 Å². The number of amides is 1. The Hall–Kier alpha value is -2.91. The molecule has 2 aliphatic heterocycles. The number of rotatable bonds is 6. The van der Waals surface area contributed by atoms with E-state index < -0.39 is 0 Å². The first-order chi connectivity index (χ1) is 16.3. The van der Waals surface area contributed by atoms with Crippen molar-refractivity contribution in [2.24, 2.45) is 0 Å². The standard InChI is InChI=1S/C25H33N5O3S/c1-16-12-21(27-25(34)26-16)24(32)29-9-8-22-18(15-29)14-20(17-6-5-7-19(13-17)33-4)23(31)30(22)11-10-28(2)3/h5-7,13-14,16,21H,8-12,15H2,1-4H3,(H2,26,27,34)/t16-,21+/m1/s1. The van der Waals surface area contributed by atoms with E-state index >= 15 is 0 Å². The minimum absolute atomic E-state index is 0.00664. The second-order valence-corrected chi connectivity index (χ2v) is 9.75. The first-order valence-electron chi connectivity index (χ1n) is 11.7. The molecule has 1 saturated heterocycles. The first kappa shape index (κ1) is 24.2. The van der Waals surface area contributed by atoms with Crippen molar-refractivity contribution in [2.45, 2.75) is 44.9 Å². The van der Waals surface area contributed by atoms with E-state index in [1.807, 2.05) is 60.8 Å². The second kappa shape index (κ2) is 10.1. The fraction of sp³-hybridized carbons (Fsp3) is 0.480. The maximum Gasteiger partial charge on any atom is 0.258 e. The Morgan fingerprint density at radius 1 is 1.26 bits per heavy atom. The minimum atomic E-state index is -0.331. The number of thiocarbonyl (C=S) groups is 1. The average Bonchev–Trinajstić information content (AvgIpc) is 2.81. The predicted molar refractivity (Wildman–Crippen MR) is 137 cm³/mol. The van der Waals surface area contributed by atoms with E-state index in [4.69, 9.17) is 17.0 Å². The number of methoxy groups -OCH3 is 1. The highest BCUT2D eigenvalue weighted by atomic mass is 32.1. The molecule has 2 N–H and O–H groups in total. The SMILES string of the molecule is COc1cccc(-c2cc3c(n(CCN(C)C)c2=O)CCN(C(=O)[C@@H]2C[C@@H](C)NC(=S)N2)C3)c1. The van der Waals surface area contributed by atoms with Gasteiger partial charge in [-0.3, -0.25) is 9.59 Å². The summed E-state index contributed by atoms with van der Waals surface area (Å²) in [5, 5.41) is 6.80. The predicted octanol–water partition coefficient (Wildman–Crippen LogP) is 1.60. The van der Waals surface area contributed by atoms with E-state index in [2.05, 4.69) is 15.5 Å². The smallest absolute Gasteiger partial charge is 0.258 e. The van der Waals surface area contributed by atoms with Gasteiger partial charge in [-0.05, 0) is 69.0 Å². The summed E-state index contributed by atoms with van der Waals surface area (Å²) in [6.45, 7) is 4.44. The molecule has 0 aliphatic carbocycles. The van der Waals surface area contributed by atoms with Crippen LogP contribution in [0.5, 0.6) is 5.75 Å². The molecule has 2 aromatic rings. The Morgan fingerprint density at radius 2 is 2.06 bits per heavy atom. The zero-order valence-corrected chi connectivity index (χ0v) is 21.1. The van der Waals surface area contributed by atoms with Gasteiger partial charge in [-0.2, -0.15) is 0 Å². The Kier molecular flexibility index (Phi) is 7.23. The number of carbonyl (C=O) groups is 1. The molecule has 9 heteroatoms. The third kappa shape index (κ3) is 5.10. The van der Waals surface area contributed by atoms with Gasteiger partial charge in [-0.1, -0.05) is 12.1 Å². The number of pyridine rings is 1. The highest BCUT2D eigenvalue weighted by Crippen LogP contribution is 2.27. The molecule has 34 heavy (non-hydrogen) atoms. The molecule has 0 spiro atoms. The highest BCUT2D eigenvalue weighted by molar-refractivity contribution is 7.80. The molecule has 2 atom stereocenters. The lowest BCUT2D eigenvalue weighted by atomic mass is 9.97. The number of carbonyl (C=O) groups excluding carboxylic acids is 1. The number of aromatic nitrogens is 1. The van der Waals surface area contributed by atoms with Gasteiger partial charge in [0, 0.05) is 49.9 Å². The van der Waals surface area contributed by atoms with E-state index in [0.29, 0.717) is 48.9 Å². The average molecular weight is 484 g/mol. The number of benzene rings is 1. The molecule has 3 heterocycles. The van der Waals surface area contributed by atoms with Gasteiger partial charge < -0.3 is 29.7 Å². The number of hydrogen-bond acceptors (Lipinski definition) is 5. The van der Waals surface area contributed by atoms with Crippen molar-refractivity contribution in [2.75, 3.05) is 34.3 Å². The summed E-state index contributed by atoms with van der Waals surface area (Å²) in [6.07, 6.45) is 1.33. The molecule has 182 valence electrons. The fourth-order valence-corrected chi connectivity index (χ4v) is 5.06. The van der Waals surface area contributed by atoms with Crippen molar-refractivity contribution in [1.82, 2.24) is 25.0 Å². The lowest BCUT2D eigenvalue weighted by Gasteiger charge is -2.36. The molecule has 1 amide bonds. The van der Waals surface area contributed by atoms with E-state index in [1.165, 1.54) is 0 Å². The minimum Gasteiger partial charge on any atom is -0.497 e. The summed E-state index contributed by atoms with van der Waals surface area (Å²) < 4.78 is 7.27. The molecule has 1 aromatic heterocycles. The van der Waals surface area contributed by atoms with Crippen LogP contribution in [0.1, 0.15) is 24.6 Å². The number of ether oxygens (including phenoxy) is 1. The van der Waals surface area contributed by atoms with Crippen molar-refractivity contribution >= 4 is 23.2 Å². The number of nitrogens with one attached hydrogen (secondary N) is 2. The molecule has 0 unspecified atom stereocenters. The van der Waals surface area contributed by atoms with Crippen LogP contribution >= 0.6 is 12.2 Å². The maximum absolute atomic E-state index is 13.6. The lowest BCUT2D eigenvalue weighted by Crippen LogP contribution is -2.59. The number of fused-ring (bicyclic) bond motifs is 1. The van der Waals surface area contributed by atoms with Crippen LogP contribution in [0, 0.1) is 0 Å². The Morgan fingerprint density at radius 3 is 2.76 bits per heavy atom. The maximum atomic E-state index is 13.6. The number of nitrogens with zero attached hydrogens (tertiary/aromatic N) is 3. The van der Waals surface area contributed by atoms with Crippen LogP contribution in [-0.2, 0) is 24.3 Å². The Labute approximate surface area is 205 Å². The number of hydrogen-bond donors (Lipinski definition) is 2. The first-order valence-corrected chi connectivity index (χ1v) is 12.1. The van der Waals surface area contributed by atoms with E-state index in [0.717, 1.165) is 23.4 Å². The Bertz CT molecular complexity index is 1150. The van der Waals surface area contributed by atoms with Gasteiger partial charge in [-0.15, -0.1) is 0 Å². The molecule has 2 aliphatic rings. The monoisotopic (exact) mass is 483 g/mol. The van der Waals surface area contributed by atoms with Crippen LogP contribution in [-0.4, -0.2) is 71.8 Å². The molecule has 8 nitrogen and oxygen atoms in total. The molecule has 0 saturated carbocycles. The van der Waals surface area contributed by atoms with Gasteiger partial charge in [0.2, 0.25) is 5.91 Å². The molecule has 0 radical (unpaired) electrons. The zero-order chi connectivity index (χ0) is 24.4. The lowest BCUT2D eigenvalue weighted by molar-refractivity contribution is -0.134. The molecular formula is C25H33N5O3S. The molecule has 0 bridgehead atoms. The van der Waals surface area contributed by atoms with E-state index in [-0.39, 0.29) is 23.6 Å². The van der Waals surface area contributed by atoms with Crippen LogP contribution in [0.3, 0.4) is 0 Å².